The summed E-state index contributed by atoms with van der Waals surface area (Å²) in [5, 5.41) is 3.48. The molecule has 0 saturated heterocycles. The second-order valence-electron chi connectivity index (χ2n) is 5.59. The van der Waals surface area contributed by atoms with Crippen molar-refractivity contribution in [3.63, 3.8) is 0 Å². The fraction of sp³-hybridized carbons (Fsp3) is 0.625. The highest BCUT2D eigenvalue weighted by molar-refractivity contribution is 5.47. The lowest BCUT2D eigenvalue weighted by molar-refractivity contribution is 0.345. The molecule has 0 heterocycles. The molecule has 0 aromatic heterocycles. The molecule has 1 aliphatic carbocycles. The van der Waals surface area contributed by atoms with Gasteiger partial charge in [-0.05, 0) is 56.7 Å². The zero-order valence-corrected chi connectivity index (χ0v) is 12.2. The molecule has 1 N–H and O–H groups in total. The van der Waals surface area contributed by atoms with Gasteiger partial charge < -0.3 is 10.1 Å². The Kier molecular flexibility index (Phi) is 3.96. The number of nitrogens with one attached hydrogen (secondary N) is 1. The molecule has 0 spiro atoms. The molecule has 2 unspecified atom stereocenters. The molecule has 2 rings (SSSR count). The van der Waals surface area contributed by atoms with Crippen LogP contribution in [0.25, 0.3) is 0 Å². The predicted octanol–water partition coefficient (Wildman–Crippen LogP) is 3.62. The fourth-order valence-electron chi connectivity index (χ4n) is 2.92. The molecule has 1 aromatic carbocycles. The number of hydrogen-bond acceptors (Lipinski definition) is 2. The van der Waals surface area contributed by atoms with Gasteiger partial charge in [0.1, 0.15) is 5.75 Å². The van der Waals surface area contributed by atoms with Crippen LogP contribution >= 0.6 is 0 Å². The Morgan fingerprint density at radius 1 is 1.28 bits per heavy atom. The summed E-state index contributed by atoms with van der Waals surface area (Å²) in [6.07, 6.45) is 2.76. The minimum Gasteiger partial charge on any atom is -0.496 e. The maximum atomic E-state index is 5.65. The summed E-state index contributed by atoms with van der Waals surface area (Å²) in [6, 6.07) is 4.82. The minimum atomic E-state index is 0.395. The highest BCUT2D eigenvalue weighted by atomic mass is 16.5. The van der Waals surface area contributed by atoms with Crippen molar-refractivity contribution >= 4 is 0 Å². The molecule has 2 nitrogen and oxygen atoms in total. The number of methoxy groups -OCH3 is 1. The number of rotatable bonds is 5. The van der Waals surface area contributed by atoms with E-state index in [0.29, 0.717) is 12.0 Å². The Morgan fingerprint density at radius 2 is 1.94 bits per heavy atom. The summed E-state index contributed by atoms with van der Waals surface area (Å²) < 4.78 is 5.65. The zero-order chi connectivity index (χ0) is 13.3. The molecule has 0 bridgehead atoms. The van der Waals surface area contributed by atoms with Crippen molar-refractivity contribution in [2.75, 3.05) is 14.2 Å². The second-order valence-corrected chi connectivity index (χ2v) is 5.59. The summed E-state index contributed by atoms with van der Waals surface area (Å²) in [6.45, 7) is 6.64. The Hall–Kier alpha value is -1.02. The van der Waals surface area contributed by atoms with Gasteiger partial charge in [-0.1, -0.05) is 19.1 Å². The van der Waals surface area contributed by atoms with Crippen LogP contribution in [0.5, 0.6) is 5.75 Å². The van der Waals surface area contributed by atoms with Gasteiger partial charge in [0, 0.05) is 11.6 Å². The monoisotopic (exact) mass is 247 g/mol. The van der Waals surface area contributed by atoms with Crippen molar-refractivity contribution in [3.05, 3.63) is 28.8 Å². The molecule has 1 saturated carbocycles. The molecule has 0 radical (unpaired) electrons. The van der Waals surface area contributed by atoms with Crippen molar-refractivity contribution < 1.29 is 4.74 Å². The predicted molar refractivity (Wildman–Crippen MR) is 76.2 cm³/mol. The van der Waals surface area contributed by atoms with Crippen molar-refractivity contribution in [1.29, 1.82) is 0 Å². The lowest BCUT2D eigenvalue weighted by atomic mass is 9.88. The van der Waals surface area contributed by atoms with E-state index < -0.39 is 0 Å². The molecule has 0 aliphatic heterocycles. The lowest BCUT2D eigenvalue weighted by Crippen LogP contribution is -2.25. The first-order valence-corrected chi connectivity index (χ1v) is 6.91. The van der Waals surface area contributed by atoms with Gasteiger partial charge in [-0.15, -0.1) is 0 Å². The average Bonchev–Trinajstić information content (AvgIpc) is 3.18. The maximum Gasteiger partial charge on any atom is 0.126 e. The van der Waals surface area contributed by atoms with E-state index in [4.69, 9.17) is 4.74 Å². The third-order valence-electron chi connectivity index (χ3n) is 4.45. The van der Waals surface area contributed by atoms with Crippen molar-refractivity contribution in [2.45, 2.75) is 39.7 Å². The molecule has 1 aromatic rings. The van der Waals surface area contributed by atoms with Gasteiger partial charge in [0.05, 0.1) is 7.11 Å². The van der Waals surface area contributed by atoms with Gasteiger partial charge in [-0.25, -0.2) is 0 Å². The first kappa shape index (κ1) is 13.4. The average molecular weight is 247 g/mol. The van der Waals surface area contributed by atoms with Gasteiger partial charge >= 0.3 is 0 Å². The molecule has 2 atom stereocenters. The van der Waals surface area contributed by atoms with Crippen LogP contribution in [0, 0.1) is 25.7 Å². The van der Waals surface area contributed by atoms with Gasteiger partial charge in [0.15, 0.2) is 0 Å². The van der Waals surface area contributed by atoms with Crippen LogP contribution in [0.15, 0.2) is 12.1 Å². The number of benzene rings is 1. The van der Waals surface area contributed by atoms with Gasteiger partial charge in [-0.3, -0.25) is 0 Å². The summed E-state index contributed by atoms with van der Waals surface area (Å²) >= 11 is 0. The minimum absolute atomic E-state index is 0.395. The van der Waals surface area contributed by atoms with E-state index in [1.54, 1.807) is 7.11 Å². The van der Waals surface area contributed by atoms with Crippen molar-refractivity contribution in [2.24, 2.45) is 11.8 Å². The fourth-order valence-corrected chi connectivity index (χ4v) is 2.92. The number of hydrogen-bond donors (Lipinski definition) is 1. The normalized spacial score (nSPS) is 18.5. The van der Waals surface area contributed by atoms with Gasteiger partial charge in [-0.2, -0.15) is 0 Å². The first-order valence-electron chi connectivity index (χ1n) is 6.91. The third kappa shape index (κ3) is 2.39. The first-order chi connectivity index (χ1) is 8.60. The summed E-state index contributed by atoms with van der Waals surface area (Å²) in [4.78, 5) is 0. The topological polar surface area (TPSA) is 21.3 Å². The van der Waals surface area contributed by atoms with E-state index in [9.17, 15) is 0 Å². The number of aryl methyl sites for hydroxylation is 1. The smallest absolute Gasteiger partial charge is 0.126 e. The molecule has 18 heavy (non-hydrogen) atoms. The molecule has 100 valence electrons. The Labute approximate surface area is 111 Å². The van der Waals surface area contributed by atoms with E-state index in [0.717, 1.165) is 11.7 Å². The lowest BCUT2D eigenvalue weighted by Gasteiger charge is -2.27. The van der Waals surface area contributed by atoms with E-state index in [2.05, 4.69) is 45.3 Å². The highest BCUT2D eigenvalue weighted by Crippen LogP contribution is 2.44. The second kappa shape index (κ2) is 5.31. The quantitative estimate of drug-likeness (QED) is 0.858. The summed E-state index contributed by atoms with van der Waals surface area (Å²) in [5.74, 6) is 2.61. The van der Waals surface area contributed by atoms with E-state index >= 15 is 0 Å². The van der Waals surface area contributed by atoms with E-state index in [1.807, 2.05) is 0 Å². The van der Waals surface area contributed by atoms with Gasteiger partial charge in [0.25, 0.3) is 0 Å². The van der Waals surface area contributed by atoms with Crippen LogP contribution in [0.3, 0.4) is 0 Å². The van der Waals surface area contributed by atoms with Crippen LogP contribution in [-0.4, -0.2) is 14.2 Å². The maximum absolute atomic E-state index is 5.65. The van der Waals surface area contributed by atoms with Crippen LogP contribution in [0.4, 0.5) is 0 Å². The summed E-state index contributed by atoms with van der Waals surface area (Å²) in [5.41, 5.74) is 3.87. The summed E-state index contributed by atoms with van der Waals surface area (Å²) in [7, 11) is 3.83. The largest absolute Gasteiger partial charge is 0.496 e. The SMILES string of the molecule is CNC(c1ccc(C)c(C)c1OC)C(C)C1CC1. The van der Waals surface area contributed by atoms with Crippen molar-refractivity contribution in [1.82, 2.24) is 5.32 Å². The van der Waals surface area contributed by atoms with Crippen molar-refractivity contribution in [3.8, 4) is 5.75 Å². The molecule has 0 amide bonds. The van der Waals surface area contributed by atoms with Crippen LogP contribution < -0.4 is 10.1 Å². The van der Waals surface area contributed by atoms with Crippen LogP contribution in [0.2, 0.25) is 0 Å². The molecular weight excluding hydrogens is 222 g/mol. The molecule has 2 heteroatoms. The molecule has 1 aliphatic rings. The molecular formula is C16H25NO. The standard InChI is InChI=1S/C16H25NO/c1-10-6-9-14(16(18-5)11(10)2)15(17-4)12(3)13-7-8-13/h6,9,12-13,15,17H,7-8H2,1-5H3. The van der Waals surface area contributed by atoms with Crippen LogP contribution in [-0.2, 0) is 0 Å². The van der Waals surface area contributed by atoms with Gasteiger partial charge in [0.2, 0.25) is 0 Å². The zero-order valence-electron chi connectivity index (χ0n) is 12.2. The Morgan fingerprint density at radius 3 is 2.44 bits per heavy atom. The molecule has 1 fully saturated rings. The Balaban J connectivity index is 2.38. The van der Waals surface area contributed by atoms with E-state index in [1.165, 1.54) is 29.5 Å². The Bertz CT molecular complexity index is 423. The van der Waals surface area contributed by atoms with E-state index in [-0.39, 0.29) is 0 Å². The third-order valence-corrected chi connectivity index (χ3v) is 4.45. The van der Waals surface area contributed by atoms with Crippen LogP contribution in [0.1, 0.15) is 42.5 Å². The number of ether oxygens (including phenoxy) is 1. The highest BCUT2D eigenvalue weighted by Gasteiger charge is 2.34.